The van der Waals surface area contributed by atoms with E-state index >= 15 is 0 Å². The lowest BCUT2D eigenvalue weighted by Crippen LogP contribution is -2.26. The van der Waals surface area contributed by atoms with E-state index in [1.807, 2.05) is 6.07 Å². The second kappa shape index (κ2) is 20.3. The summed E-state index contributed by atoms with van der Waals surface area (Å²) in [6.45, 7) is 4.99. The number of benzene rings is 12. The number of fused-ring (bicyclic) bond motifs is 15. The number of ether oxygens (including phenoxy) is 1. The van der Waals surface area contributed by atoms with Gasteiger partial charge in [0, 0.05) is 66.7 Å². The number of hydrogen-bond donors (Lipinski definition) is 0. The number of rotatable bonds is 9. The van der Waals surface area contributed by atoms with Gasteiger partial charge in [-0.15, -0.1) is 0 Å². The van der Waals surface area contributed by atoms with Gasteiger partial charge in [-0.1, -0.05) is 245 Å². The van der Waals surface area contributed by atoms with E-state index in [-0.39, 0.29) is 11.0 Å². The maximum absolute atomic E-state index is 8.56. The predicted octanol–water partition coefficient (Wildman–Crippen LogP) is 21.8. The minimum Gasteiger partial charge on any atom is -0.456 e. The molecule has 1 aliphatic heterocycles. The van der Waals surface area contributed by atoms with E-state index in [0.29, 0.717) is 24.0 Å². The van der Waals surface area contributed by atoms with Crippen LogP contribution in [0.5, 0.6) is 11.5 Å². The van der Waals surface area contributed by atoms with E-state index in [1.54, 1.807) is 18.3 Å². The van der Waals surface area contributed by atoms with Gasteiger partial charge in [0.1, 0.15) is 24.0 Å². The number of para-hydroxylation sites is 4. The van der Waals surface area contributed by atoms with Gasteiger partial charge in [0.15, 0.2) is 0 Å². The molecule has 0 saturated heterocycles. The van der Waals surface area contributed by atoms with E-state index in [0.717, 1.165) is 100 Å². The highest BCUT2D eigenvalue weighted by atomic mass is 16.5. The monoisotopic (exact) mass is 1150 g/mol. The van der Waals surface area contributed by atoms with E-state index in [1.165, 1.54) is 38.9 Å². The third kappa shape index (κ3) is 8.11. The molecule has 0 radical (unpaired) electrons. The van der Waals surface area contributed by atoms with Crippen LogP contribution in [-0.4, -0.2) is 16.2 Å². The number of anilines is 4. The Balaban J connectivity index is 0.903. The van der Waals surface area contributed by atoms with Gasteiger partial charge in [-0.2, -0.15) is 0 Å². The van der Waals surface area contributed by atoms with Crippen molar-refractivity contribution in [2.24, 2.45) is 0 Å². The Kier molecular flexibility index (Phi) is 11.2. The largest absolute Gasteiger partial charge is 0.456 e. The van der Waals surface area contributed by atoms with Crippen LogP contribution in [0, 0.1) is 6.85 Å². The first-order valence-electron chi connectivity index (χ1n) is 32.2. The molecule has 0 saturated carbocycles. The number of hydrogen-bond acceptors (Lipinski definition) is 4. The van der Waals surface area contributed by atoms with Crippen molar-refractivity contribution >= 4 is 44.6 Å². The zero-order valence-electron chi connectivity index (χ0n) is 52.6. The molecule has 0 atom stereocenters. The summed E-state index contributed by atoms with van der Waals surface area (Å²) in [6, 6.07) is 102. The molecule has 2 aromatic heterocycles. The second-order valence-corrected chi connectivity index (χ2v) is 24.8. The summed E-state index contributed by atoms with van der Waals surface area (Å²) < 4.78 is 35.9. The molecular formula is C84H62N4O. The highest BCUT2D eigenvalue weighted by Crippen LogP contribution is 2.67. The zero-order valence-corrected chi connectivity index (χ0v) is 49.6. The highest BCUT2D eigenvalue weighted by Gasteiger charge is 2.54. The molecule has 424 valence electrons. The number of pyridine rings is 1. The SMILES string of the molecule is [2H]C([2H])([2H])c1ccnc(-n2c3ccccc3c3c4c(c(Oc5cc(N6CN(c7c(-c8cccc(-c9ccccc9)c8)cccc7-c7cccc(C(C)(C)C)c7)c7ccccc76)ccc5-c5ccccc5)cc32)C2(c3ccccc3-c3ccccc32)c2ccccc2-4)c1. The minimum absolute atomic E-state index is 0.0636. The van der Waals surface area contributed by atoms with Crippen molar-refractivity contribution in [1.82, 2.24) is 9.55 Å². The molecule has 2 aliphatic carbocycles. The first kappa shape index (κ1) is 49.1. The van der Waals surface area contributed by atoms with Crippen molar-refractivity contribution in [3.05, 3.63) is 325 Å². The lowest BCUT2D eigenvalue weighted by atomic mass is 9.70. The summed E-state index contributed by atoms with van der Waals surface area (Å²) in [5, 5.41) is 2.06. The van der Waals surface area contributed by atoms with Gasteiger partial charge >= 0.3 is 0 Å². The molecule has 1 spiro atoms. The van der Waals surface area contributed by atoms with Gasteiger partial charge in [0.05, 0.1) is 33.5 Å². The van der Waals surface area contributed by atoms with Gasteiger partial charge in [-0.05, 0) is 133 Å². The number of aromatic nitrogens is 2. The third-order valence-electron chi connectivity index (χ3n) is 18.8. The average molecular weight is 1150 g/mol. The number of nitrogens with zero attached hydrogens (tertiary/aromatic N) is 4. The van der Waals surface area contributed by atoms with Crippen molar-refractivity contribution in [3.8, 4) is 84.1 Å². The van der Waals surface area contributed by atoms with Crippen LogP contribution in [0.15, 0.2) is 291 Å². The first-order chi connectivity index (χ1) is 44.9. The Bertz CT molecular complexity index is 5250. The Morgan fingerprint density at radius 3 is 1.73 bits per heavy atom. The maximum atomic E-state index is 8.56. The molecule has 5 nitrogen and oxygen atoms in total. The fourth-order valence-corrected chi connectivity index (χ4v) is 14.9. The van der Waals surface area contributed by atoms with Gasteiger partial charge in [0.25, 0.3) is 0 Å². The molecule has 89 heavy (non-hydrogen) atoms. The van der Waals surface area contributed by atoms with E-state index in [9.17, 15) is 0 Å². The standard InChI is InChI=1S/C84H62N4O/c1-54-46-47-85-78(48-54)88-72-41-18-14-35-68(72)79-75(88)52-77(81-80(79)67-34-13-17-40-71(67)84(81)69-38-15-11-32-65(69)66-33-12-16-39-70(66)84)89-76-51-61(44-45-62(76)56-26-9-6-10-27-56)86-53-87(74-43-20-19-42-73(74)86)82-63(58-29-21-28-57(49-58)55-24-7-5-8-25-55)36-23-37-64(82)59-30-22-31-60(50-59)83(2,3)4/h5-52H,53H2,1-4H3/i1D3. The Morgan fingerprint density at radius 1 is 0.438 bits per heavy atom. The average Bonchev–Trinajstić information content (AvgIpc) is 1.49. The lowest BCUT2D eigenvalue weighted by Gasteiger charge is -2.32. The van der Waals surface area contributed by atoms with Crippen LogP contribution in [0.3, 0.4) is 0 Å². The van der Waals surface area contributed by atoms with Crippen molar-refractivity contribution in [3.63, 3.8) is 0 Å². The zero-order chi connectivity index (χ0) is 62.0. The van der Waals surface area contributed by atoms with Gasteiger partial charge < -0.3 is 14.5 Å². The van der Waals surface area contributed by atoms with E-state index in [2.05, 4.69) is 302 Å². The van der Waals surface area contributed by atoms with Crippen molar-refractivity contribution in [2.45, 2.75) is 38.5 Å². The summed E-state index contributed by atoms with van der Waals surface area (Å²) in [5.74, 6) is 1.87. The lowest BCUT2D eigenvalue weighted by molar-refractivity contribution is 0.474. The molecule has 0 amide bonds. The smallest absolute Gasteiger partial charge is 0.137 e. The Hall–Kier alpha value is -11.0. The normalized spacial score (nSPS) is 14.0. The van der Waals surface area contributed by atoms with Crippen molar-refractivity contribution in [1.29, 1.82) is 0 Å². The first-order valence-corrected chi connectivity index (χ1v) is 30.7. The molecule has 0 unspecified atom stereocenters. The predicted molar refractivity (Wildman–Crippen MR) is 369 cm³/mol. The third-order valence-corrected chi connectivity index (χ3v) is 18.8. The topological polar surface area (TPSA) is 33.5 Å². The van der Waals surface area contributed by atoms with Crippen LogP contribution in [0.25, 0.3) is 94.4 Å². The van der Waals surface area contributed by atoms with E-state index < -0.39 is 12.3 Å². The maximum Gasteiger partial charge on any atom is 0.137 e. The summed E-state index contributed by atoms with van der Waals surface area (Å²) in [6.07, 6.45) is 1.61. The second-order valence-electron chi connectivity index (χ2n) is 24.8. The molecule has 0 bridgehead atoms. The molecule has 12 aromatic carbocycles. The fraction of sp³-hybridized carbons (Fsp3) is 0.0833. The molecule has 0 fully saturated rings. The van der Waals surface area contributed by atoms with Crippen molar-refractivity contribution in [2.75, 3.05) is 16.5 Å². The van der Waals surface area contributed by atoms with Gasteiger partial charge in [-0.3, -0.25) is 4.57 Å². The van der Waals surface area contributed by atoms with Gasteiger partial charge in [0.2, 0.25) is 0 Å². The van der Waals surface area contributed by atoms with Crippen LogP contribution in [-0.2, 0) is 10.8 Å². The molecule has 3 aliphatic rings. The quantitative estimate of drug-likeness (QED) is 0.144. The summed E-state index contributed by atoms with van der Waals surface area (Å²) in [5.41, 5.74) is 24.6. The molecule has 17 rings (SSSR count). The molecule has 3 heterocycles. The summed E-state index contributed by atoms with van der Waals surface area (Å²) in [4.78, 5) is 9.91. The van der Waals surface area contributed by atoms with Crippen molar-refractivity contribution < 1.29 is 8.85 Å². The summed E-state index contributed by atoms with van der Waals surface area (Å²) >= 11 is 0. The highest BCUT2D eigenvalue weighted by molar-refractivity contribution is 6.20. The van der Waals surface area contributed by atoms with Crippen LogP contribution in [0.4, 0.5) is 22.7 Å². The number of aryl methyl sites for hydroxylation is 1. The van der Waals surface area contributed by atoms with Crippen LogP contribution < -0.4 is 14.5 Å². The fourth-order valence-electron chi connectivity index (χ4n) is 14.9. The Labute approximate surface area is 523 Å². The Morgan fingerprint density at radius 2 is 1.01 bits per heavy atom. The minimum atomic E-state index is -2.36. The van der Waals surface area contributed by atoms with Gasteiger partial charge in [-0.25, -0.2) is 4.98 Å². The van der Waals surface area contributed by atoms with Crippen LogP contribution >= 0.6 is 0 Å². The van der Waals surface area contributed by atoms with E-state index in [4.69, 9.17) is 13.8 Å². The molecule has 0 N–H and O–H groups in total. The molecule has 5 heteroatoms. The van der Waals surface area contributed by atoms with Crippen LogP contribution in [0.2, 0.25) is 0 Å². The molecule has 14 aromatic rings. The summed E-state index contributed by atoms with van der Waals surface area (Å²) in [7, 11) is 0. The van der Waals surface area contributed by atoms with Crippen LogP contribution in [0.1, 0.15) is 58.3 Å². The molecular weight excluding hydrogens is 1080 g/mol.